The van der Waals surface area contributed by atoms with E-state index in [2.05, 4.69) is 16.0 Å². The van der Waals surface area contributed by atoms with Crippen molar-refractivity contribution in [1.82, 2.24) is 16.0 Å². The third-order valence-corrected chi connectivity index (χ3v) is 4.84. The topological polar surface area (TPSA) is 217 Å². The van der Waals surface area contributed by atoms with Crippen LogP contribution in [0.3, 0.4) is 0 Å². The number of amides is 3. The number of carboxylic acid groups (broad SMARTS) is 1. The zero-order chi connectivity index (χ0) is 25.0. The van der Waals surface area contributed by atoms with Gasteiger partial charge in [0.1, 0.15) is 17.8 Å². The van der Waals surface area contributed by atoms with Gasteiger partial charge in [0.05, 0.1) is 12.6 Å². The molecule has 0 aliphatic carbocycles. The lowest BCUT2D eigenvalue weighted by molar-refractivity contribution is -0.145. The van der Waals surface area contributed by atoms with Crippen molar-refractivity contribution in [2.45, 2.75) is 56.8 Å². The molecule has 1 aromatic carbocycles. The van der Waals surface area contributed by atoms with Gasteiger partial charge in [-0.2, -0.15) is 0 Å². The lowest BCUT2D eigenvalue weighted by Crippen LogP contribution is -2.58. The van der Waals surface area contributed by atoms with Gasteiger partial charge in [0, 0.05) is 6.42 Å². The van der Waals surface area contributed by atoms with Gasteiger partial charge >= 0.3 is 5.97 Å². The first kappa shape index (κ1) is 27.8. The number of carbonyl (C=O) groups excluding carboxylic acids is 3. The molecular formula is C21H33N5O7. The predicted molar refractivity (Wildman–Crippen MR) is 119 cm³/mol. The molecule has 0 aliphatic heterocycles. The van der Waals surface area contributed by atoms with Gasteiger partial charge in [-0.15, -0.1) is 0 Å². The van der Waals surface area contributed by atoms with Crippen LogP contribution in [-0.2, 0) is 25.6 Å². The summed E-state index contributed by atoms with van der Waals surface area (Å²) in [7, 11) is 0. The van der Waals surface area contributed by atoms with Crippen molar-refractivity contribution in [2.24, 2.45) is 11.5 Å². The fourth-order valence-corrected chi connectivity index (χ4v) is 3.01. The van der Waals surface area contributed by atoms with Crippen LogP contribution in [0.4, 0.5) is 0 Å². The number of aromatic hydroxyl groups is 1. The minimum atomic E-state index is -1.59. The van der Waals surface area contributed by atoms with Crippen molar-refractivity contribution in [1.29, 1.82) is 0 Å². The molecule has 184 valence electrons. The number of unbranched alkanes of at least 4 members (excludes halogenated alkanes) is 1. The van der Waals surface area contributed by atoms with Crippen LogP contribution < -0.4 is 27.4 Å². The molecule has 4 atom stereocenters. The summed E-state index contributed by atoms with van der Waals surface area (Å²) in [5.74, 6) is -3.48. The van der Waals surface area contributed by atoms with Gasteiger partial charge in [-0.25, -0.2) is 4.79 Å². The van der Waals surface area contributed by atoms with E-state index in [0.29, 0.717) is 24.9 Å². The number of nitrogens with one attached hydrogen (secondary N) is 3. The van der Waals surface area contributed by atoms with Crippen molar-refractivity contribution in [2.75, 3.05) is 13.1 Å². The molecule has 0 aliphatic rings. The fourth-order valence-electron chi connectivity index (χ4n) is 3.01. The zero-order valence-corrected chi connectivity index (χ0v) is 18.5. The van der Waals surface area contributed by atoms with Crippen LogP contribution in [0.15, 0.2) is 24.3 Å². The number of carbonyl (C=O) groups is 4. The van der Waals surface area contributed by atoms with E-state index >= 15 is 0 Å². The number of aliphatic hydroxyl groups excluding tert-OH is 1. The van der Waals surface area contributed by atoms with Crippen LogP contribution in [0.25, 0.3) is 0 Å². The number of hydrogen-bond acceptors (Lipinski definition) is 8. The van der Waals surface area contributed by atoms with E-state index in [1.54, 1.807) is 12.1 Å². The zero-order valence-electron chi connectivity index (χ0n) is 18.5. The van der Waals surface area contributed by atoms with E-state index < -0.39 is 47.9 Å². The molecule has 33 heavy (non-hydrogen) atoms. The molecule has 1 aromatic rings. The van der Waals surface area contributed by atoms with Crippen LogP contribution in [0.2, 0.25) is 0 Å². The fraction of sp³-hybridized carbons (Fsp3) is 0.524. The van der Waals surface area contributed by atoms with Crippen molar-refractivity contribution < 1.29 is 34.5 Å². The third-order valence-electron chi connectivity index (χ3n) is 4.84. The van der Waals surface area contributed by atoms with E-state index in [9.17, 15) is 34.5 Å². The molecule has 0 bridgehead atoms. The Bertz CT molecular complexity index is 801. The van der Waals surface area contributed by atoms with Crippen molar-refractivity contribution in [3.8, 4) is 5.75 Å². The smallest absolute Gasteiger partial charge is 0.328 e. The number of benzene rings is 1. The van der Waals surface area contributed by atoms with Crippen LogP contribution in [0, 0.1) is 0 Å². The average molecular weight is 468 g/mol. The van der Waals surface area contributed by atoms with E-state index in [1.807, 2.05) is 0 Å². The van der Waals surface area contributed by atoms with E-state index in [-0.39, 0.29) is 25.1 Å². The molecule has 3 amide bonds. The lowest BCUT2D eigenvalue weighted by Gasteiger charge is -2.25. The summed E-state index contributed by atoms with van der Waals surface area (Å²) < 4.78 is 0. The maximum atomic E-state index is 12.9. The van der Waals surface area contributed by atoms with Crippen LogP contribution in [0.1, 0.15) is 31.7 Å². The van der Waals surface area contributed by atoms with Gasteiger partial charge in [-0.05, 0) is 50.4 Å². The Morgan fingerprint density at radius 2 is 1.55 bits per heavy atom. The number of nitrogens with two attached hydrogens (primary N) is 2. The van der Waals surface area contributed by atoms with Gasteiger partial charge in [0.25, 0.3) is 0 Å². The summed E-state index contributed by atoms with van der Waals surface area (Å²) in [5.41, 5.74) is 11.4. The minimum Gasteiger partial charge on any atom is -0.508 e. The maximum absolute atomic E-state index is 12.9. The number of phenols is 1. The normalized spacial score (nSPS) is 14.4. The van der Waals surface area contributed by atoms with Crippen LogP contribution in [0.5, 0.6) is 5.75 Å². The highest BCUT2D eigenvalue weighted by Crippen LogP contribution is 2.12. The number of aliphatic hydroxyl groups is 1. The SMILES string of the molecule is CC(O)C(NC(=O)C(Cc1ccc(O)cc1)NC(=O)C(CCCCN)NC(=O)CN)C(=O)O. The number of rotatable bonds is 14. The number of carboxylic acids is 1. The highest BCUT2D eigenvalue weighted by molar-refractivity contribution is 5.93. The molecule has 0 saturated heterocycles. The summed E-state index contributed by atoms with van der Waals surface area (Å²) in [5, 5.41) is 35.7. The van der Waals surface area contributed by atoms with Crippen LogP contribution in [-0.4, -0.2) is 76.3 Å². The Labute approximate surface area is 191 Å². The van der Waals surface area contributed by atoms with Gasteiger partial charge in [0.2, 0.25) is 17.7 Å². The summed E-state index contributed by atoms with van der Waals surface area (Å²) >= 11 is 0. The first-order valence-electron chi connectivity index (χ1n) is 10.6. The van der Waals surface area contributed by atoms with Gasteiger partial charge in [-0.1, -0.05) is 12.1 Å². The molecule has 0 saturated carbocycles. The minimum absolute atomic E-state index is 0.00768. The maximum Gasteiger partial charge on any atom is 0.328 e. The highest BCUT2D eigenvalue weighted by Gasteiger charge is 2.31. The van der Waals surface area contributed by atoms with Crippen molar-refractivity contribution in [3.63, 3.8) is 0 Å². The molecule has 0 spiro atoms. The largest absolute Gasteiger partial charge is 0.508 e. The summed E-state index contributed by atoms with van der Waals surface area (Å²) in [4.78, 5) is 48.9. The predicted octanol–water partition coefficient (Wildman–Crippen LogP) is -2.06. The second-order valence-electron chi connectivity index (χ2n) is 7.61. The monoisotopic (exact) mass is 467 g/mol. The Balaban J connectivity index is 3.09. The Hall–Kier alpha value is -3.22. The summed E-state index contributed by atoms with van der Waals surface area (Å²) in [6.07, 6.45) is -0.00605. The Morgan fingerprint density at radius 1 is 0.939 bits per heavy atom. The molecule has 0 heterocycles. The molecule has 0 radical (unpaired) electrons. The summed E-state index contributed by atoms with van der Waals surface area (Å²) in [6, 6.07) is 2.09. The molecular weight excluding hydrogens is 434 g/mol. The standard InChI is InChI=1S/C21H33N5O7/c1-12(27)18(21(32)33)26-20(31)16(10-13-5-7-14(28)8-6-13)25-19(30)15(4-2-3-9-22)24-17(29)11-23/h5-8,12,15-16,18,27-28H,2-4,9-11,22-23H2,1H3,(H,24,29)(H,25,30)(H,26,31)(H,32,33). The van der Waals surface area contributed by atoms with Gasteiger partial charge in [0.15, 0.2) is 6.04 Å². The summed E-state index contributed by atoms with van der Waals surface area (Å²) in [6.45, 7) is 1.29. The number of hydrogen-bond donors (Lipinski definition) is 8. The second kappa shape index (κ2) is 14.0. The third kappa shape index (κ3) is 9.85. The molecule has 0 aromatic heterocycles. The van der Waals surface area contributed by atoms with Crippen molar-refractivity contribution >= 4 is 23.7 Å². The van der Waals surface area contributed by atoms with Gasteiger partial charge in [-0.3, -0.25) is 14.4 Å². The number of aliphatic carboxylic acids is 1. The molecule has 12 heteroatoms. The molecule has 4 unspecified atom stereocenters. The van der Waals surface area contributed by atoms with Crippen molar-refractivity contribution in [3.05, 3.63) is 29.8 Å². The molecule has 12 nitrogen and oxygen atoms in total. The second-order valence-corrected chi connectivity index (χ2v) is 7.61. The molecule has 1 rings (SSSR count). The van der Waals surface area contributed by atoms with E-state index in [1.165, 1.54) is 19.1 Å². The molecule has 10 N–H and O–H groups in total. The first-order chi connectivity index (χ1) is 15.6. The van der Waals surface area contributed by atoms with E-state index in [0.717, 1.165) is 0 Å². The Kier molecular flexibility index (Phi) is 11.8. The van der Waals surface area contributed by atoms with Gasteiger partial charge < -0.3 is 42.7 Å². The number of phenolic OH excluding ortho intramolecular Hbond substituents is 1. The average Bonchev–Trinajstić information content (AvgIpc) is 2.76. The molecule has 0 fully saturated rings. The van der Waals surface area contributed by atoms with E-state index in [4.69, 9.17) is 11.5 Å². The Morgan fingerprint density at radius 3 is 2.06 bits per heavy atom. The first-order valence-corrected chi connectivity index (χ1v) is 10.6. The quantitative estimate of drug-likeness (QED) is 0.141. The lowest BCUT2D eigenvalue weighted by atomic mass is 10.0. The van der Waals surface area contributed by atoms with Crippen LogP contribution >= 0.6 is 0 Å². The highest BCUT2D eigenvalue weighted by atomic mass is 16.4.